The predicted molar refractivity (Wildman–Crippen MR) is 76.0 cm³/mol. The Labute approximate surface area is 122 Å². The summed E-state index contributed by atoms with van der Waals surface area (Å²) >= 11 is 0. The molecule has 108 valence electrons. The van der Waals surface area contributed by atoms with Gasteiger partial charge in [0, 0.05) is 0 Å². The van der Waals surface area contributed by atoms with Crippen LogP contribution in [0.3, 0.4) is 0 Å². The Morgan fingerprint density at radius 2 is 1.62 bits per heavy atom. The van der Waals surface area contributed by atoms with Gasteiger partial charge in [0.05, 0.1) is 17.5 Å². The lowest BCUT2D eigenvalue weighted by Gasteiger charge is -2.38. The van der Waals surface area contributed by atoms with E-state index in [1.54, 1.807) is 12.1 Å². The molecule has 2 amide bonds. The number of rotatable bonds is 1. The van der Waals surface area contributed by atoms with Crippen molar-refractivity contribution in [1.29, 1.82) is 0 Å². The number of allylic oxidation sites excluding steroid dienone is 2. The molecule has 21 heavy (non-hydrogen) atoms. The smallest absolute Gasteiger partial charge is 0.238 e. The third-order valence-corrected chi connectivity index (χ3v) is 5.10. The molecule has 1 aliphatic heterocycles. The van der Waals surface area contributed by atoms with Crippen molar-refractivity contribution in [1.82, 2.24) is 0 Å². The zero-order valence-electron chi connectivity index (χ0n) is 11.8. The SMILES string of the molecule is Cc1ccc(F)c(N2C(=O)[C@@H]3[C@@H](C2=O)[C@H]2C=C[C@@H]3CC2)c1. The number of hydrogen-bond donors (Lipinski definition) is 0. The number of fused-ring (bicyclic) bond motifs is 1. The largest absolute Gasteiger partial charge is 0.274 e. The molecule has 1 heterocycles. The van der Waals surface area contributed by atoms with Gasteiger partial charge >= 0.3 is 0 Å². The molecule has 0 N–H and O–H groups in total. The molecule has 1 saturated heterocycles. The van der Waals surface area contributed by atoms with Crippen LogP contribution in [0.4, 0.5) is 10.1 Å². The normalized spacial score (nSPS) is 33.7. The van der Waals surface area contributed by atoms with Gasteiger partial charge in [-0.3, -0.25) is 9.59 Å². The van der Waals surface area contributed by atoms with Crippen LogP contribution in [0.25, 0.3) is 0 Å². The number of benzene rings is 1. The first-order valence-electron chi connectivity index (χ1n) is 7.40. The molecule has 1 saturated carbocycles. The lowest BCUT2D eigenvalue weighted by atomic mass is 9.63. The van der Waals surface area contributed by atoms with E-state index in [-0.39, 0.29) is 41.2 Å². The van der Waals surface area contributed by atoms with Gasteiger partial charge in [-0.2, -0.15) is 0 Å². The molecule has 4 aliphatic rings. The highest BCUT2D eigenvalue weighted by Gasteiger charge is 2.57. The molecule has 4 atom stereocenters. The standard InChI is InChI=1S/C17H16FNO2/c1-9-2-7-12(18)13(8-9)19-16(20)14-10-3-4-11(6-5-10)15(14)17(19)21/h2-4,7-8,10-11,14-15H,5-6H2,1H3/t10-,11+,14-,15-/m0/s1. The zero-order chi connectivity index (χ0) is 14.7. The summed E-state index contributed by atoms with van der Waals surface area (Å²) in [6.07, 6.45) is 6.03. The van der Waals surface area contributed by atoms with Crippen molar-refractivity contribution in [2.45, 2.75) is 19.8 Å². The monoisotopic (exact) mass is 285 g/mol. The number of anilines is 1. The summed E-state index contributed by atoms with van der Waals surface area (Å²) in [4.78, 5) is 26.5. The number of halogens is 1. The van der Waals surface area contributed by atoms with Gasteiger partial charge in [-0.1, -0.05) is 18.2 Å². The Morgan fingerprint density at radius 1 is 1.05 bits per heavy atom. The van der Waals surface area contributed by atoms with E-state index >= 15 is 0 Å². The van der Waals surface area contributed by atoms with E-state index in [0.29, 0.717) is 0 Å². The van der Waals surface area contributed by atoms with E-state index in [2.05, 4.69) is 12.2 Å². The van der Waals surface area contributed by atoms with Crippen LogP contribution < -0.4 is 4.90 Å². The second-order valence-corrected chi connectivity index (χ2v) is 6.31. The lowest BCUT2D eigenvalue weighted by molar-refractivity contribution is -0.124. The fraction of sp³-hybridized carbons (Fsp3) is 0.412. The van der Waals surface area contributed by atoms with Gasteiger partial charge in [-0.25, -0.2) is 9.29 Å². The third-order valence-electron chi connectivity index (χ3n) is 5.10. The minimum atomic E-state index is -0.513. The summed E-state index contributed by atoms with van der Waals surface area (Å²) in [6, 6.07) is 4.54. The van der Waals surface area contributed by atoms with Crippen molar-refractivity contribution in [3.63, 3.8) is 0 Å². The fourth-order valence-electron chi connectivity index (χ4n) is 4.11. The first kappa shape index (κ1) is 12.7. The maximum atomic E-state index is 14.1. The number of amides is 2. The van der Waals surface area contributed by atoms with E-state index in [9.17, 15) is 14.0 Å². The van der Waals surface area contributed by atoms with Crippen LogP contribution in [-0.4, -0.2) is 11.8 Å². The molecular formula is C17H16FNO2. The molecule has 3 nitrogen and oxygen atoms in total. The molecule has 1 aromatic carbocycles. The maximum absolute atomic E-state index is 14.1. The molecule has 2 fully saturated rings. The highest BCUT2D eigenvalue weighted by atomic mass is 19.1. The third kappa shape index (κ3) is 1.65. The van der Waals surface area contributed by atoms with Crippen LogP contribution in [-0.2, 0) is 9.59 Å². The molecule has 5 rings (SSSR count). The van der Waals surface area contributed by atoms with Crippen LogP contribution in [0.2, 0.25) is 0 Å². The van der Waals surface area contributed by atoms with Gasteiger partial charge in [0.1, 0.15) is 5.82 Å². The van der Waals surface area contributed by atoms with Crippen molar-refractivity contribution < 1.29 is 14.0 Å². The molecule has 0 unspecified atom stereocenters. The van der Waals surface area contributed by atoms with Crippen LogP contribution in [0.15, 0.2) is 30.4 Å². The minimum absolute atomic E-state index is 0.110. The predicted octanol–water partition coefficient (Wildman–Crippen LogP) is 2.84. The van der Waals surface area contributed by atoms with Gasteiger partial charge in [0.2, 0.25) is 11.8 Å². The highest BCUT2D eigenvalue weighted by molar-refractivity contribution is 6.22. The number of nitrogens with zero attached hydrogens (tertiary/aromatic N) is 1. The van der Waals surface area contributed by atoms with E-state index in [1.165, 1.54) is 6.07 Å². The Balaban J connectivity index is 1.80. The summed E-state index contributed by atoms with van der Waals surface area (Å²) in [5.41, 5.74) is 0.946. The number of aryl methyl sites for hydroxylation is 1. The van der Waals surface area contributed by atoms with Gasteiger partial charge < -0.3 is 0 Å². The number of carbonyl (C=O) groups excluding carboxylic acids is 2. The van der Waals surface area contributed by atoms with Crippen molar-refractivity contribution in [2.75, 3.05) is 4.90 Å². The Kier molecular flexibility index (Phi) is 2.59. The quantitative estimate of drug-likeness (QED) is 0.588. The van der Waals surface area contributed by atoms with Crippen LogP contribution >= 0.6 is 0 Å². The lowest BCUT2D eigenvalue weighted by Crippen LogP contribution is -2.38. The topological polar surface area (TPSA) is 37.4 Å². The fourth-order valence-corrected chi connectivity index (χ4v) is 4.11. The molecule has 3 aliphatic carbocycles. The second kappa shape index (κ2) is 4.26. The summed E-state index contributed by atoms with van der Waals surface area (Å²) in [6.45, 7) is 1.83. The first-order chi connectivity index (χ1) is 10.1. The minimum Gasteiger partial charge on any atom is -0.274 e. The average Bonchev–Trinajstić information content (AvgIpc) is 2.77. The number of hydrogen-bond acceptors (Lipinski definition) is 2. The van der Waals surface area contributed by atoms with E-state index in [1.807, 2.05) is 6.92 Å². The molecular weight excluding hydrogens is 269 g/mol. The zero-order valence-corrected chi connectivity index (χ0v) is 11.8. The highest BCUT2D eigenvalue weighted by Crippen LogP contribution is 2.50. The van der Waals surface area contributed by atoms with Gasteiger partial charge in [-0.05, 0) is 49.3 Å². The summed E-state index contributed by atoms with van der Waals surface area (Å²) in [5.74, 6) is -1.28. The number of imide groups is 1. The number of carbonyl (C=O) groups is 2. The molecule has 0 spiro atoms. The van der Waals surface area contributed by atoms with Gasteiger partial charge in [0.25, 0.3) is 0 Å². The van der Waals surface area contributed by atoms with E-state index in [0.717, 1.165) is 23.3 Å². The van der Waals surface area contributed by atoms with Gasteiger partial charge in [-0.15, -0.1) is 0 Å². The average molecular weight is 285 g/mol. The van der Waals surface area contributed by atoms with Crippen LogP contribution in [0.1, 0.15) is 18.4 Å². The van der Waals surface area contributed by atoms with Crippen molar-refractivity contribution >= 4 is 17.5 Å². The van der Waals surface area contributed by atoms with Gasteiger partial charge in [0.15, 0.2) is 0 Å². The first-order valence-corrected chi connectivity index (χ1v) is 7.40. The van der Waals surface area contributed by atoms with Crippen LogP contribution in [0.5, 0.6) is 0 Å². The molecule has 0 aromatic heterocycles. The summed E-state index contributed by atoms with van der Waals surface area (Å²) in [7, 11) is 0. The Morgan fingerprint density at radius 3 is 2.14 bits per heavy atom. The van der Waals surface area contributed by atoms with Crippen LogP contribution in [0, 0.1) is 36.4 Å². The molecule has 4 heteroatoms. The Bertz CT molecular complexity index is 649. The molecule has 1 aromatic rings. The second-order valence-electron chi connectivity index (χ2n) is 6.31. The maximum Gasteiger partial charge on any atom is 0.238 e. The van der Waals surface area contributed by atoms with Crippen molar-refractivity contribution in [2.24, 2.45) is 23.7 Å². The Hall–Kier alpha value is -1.97. The van der Waals surface area contributed by atoms with E-state index < -0.39 is 5.82 Å². The summed E-state index contributed by atoms with van der Waals surface area (Å²) in [5, 5.41) is 0. The van der Waals surface area contributed by atoms with Crippen molar-refractivity contribution in [3.05, 3.63) is 41.7 Å². The van der Waals surface area contributed by atoms with E-state index in [4.69, 9.17) is 0 Å². The van der Waals surface area contributed by atoms with Crippen molar-refractivity contribution in [3.8, 4) is 0 Å². The summed E-state index contributed by atoms with van der Waals surface area (Å²) < 4.78 is 14.1. The molecule has 0 radical (unpaired) electrons. The molecule has 2 bridgehead atoms.